The number of nitrogens with two attached hydrogens (primary N) is 1. The molecule has 1 fully saturated rings. The van der Waals surface area contributed by atoms with Crippen LogP contribution < -0.4 is 11.1 Å². The monoisotopic (exact) mass is 464 g/mol. The molecule has 8 nitrogen and oxygen atoms in total. The number of aromatic nitrogens is 6. The van der Waals surface area contributed by atoms with E-state index >= 15 is 0 Å². The highest BCUT2D eigenvalue weighted by atomic mass is 32.1. The molecule has 32 heavy (non-hydrogen) atoms. The Bertz CT molecular complexity index is 1320. The highest BCUT2D eigenvalue weighted by Gasteiger charge is 2.20. The fourth-order valence-electron chi connectivity index (χ4n) is 4.16. The third-order valence-electron chi connectivity index (χ3n) is 5.84. The van der Waals surface area contributed by atoms with Crippen molar-refractivity contribution in [1.82, 2.24) is 35.2 Å². The smallest absolute Gasteiger partial charge is 0.142 e. The quantitative estimate of drug-likeness (QED) is 0.265. The molecule has 4 aromatic heterocycles. The van der Waals surface area contributed by atoms with Crippen LogP contribution in [0.15, 0.2) is 24.5 Å². The van der Waals surface area contributed by atoms with E-state index in [9.17, 15) is 0 Å². The van der Waals surface area contributed by atoms with Gasteiger partial charge in [0.05, 0.1) is 50.3 Å². The number of aryl methyl sites for hydroxylation is 1. The molecule has 10 heteroatoms. The Kier molecular flexibility index (Phi) is 5.22. The van der Waals surface area contributed by atoms with Gasteiger partial charge in [-0.15, -0.1) is 22.7 Å². The molecule has 1 aliphatic heterocycles. The molecule has 1 aromatic carbocycles. The van der Waals surface area contributed by atoms with Gasteiger partial charge < -0.3 is 21.0 Å². The lowest BCUT2D eigenvalue weighted by Crippen LogP contribution is -2.14. The zero-order chi connectivity index (χ0) is 21.5. The number of rotatable bonds is 7. The molecule has 0 amide bonds. The summed E-state index contributed by atoms with van der Waals surface area (Å²) in [4.78, 5) is 25.7. The Balaban J connectivity index is 1.27. The average molecular weight is 465 g/mol. The number of hydrogen-bond donors (Lipinski definition) is 4. The minimum atomic E-state index is 0.328. The lowest BCUT2D eigenvalue weighted by Gasteiger charge is -2.04. The van der Waals surface area contributed by atoms with Gasteiger partial charge in [0.2, 0.25) is 0 Å². The van der Waals surface area contributed by atoms with Crippen LogP contribution in [0.4, 0.5) is 0 Å². The van der Waals surface area contributed by atoms with Crippen molar-refractivity contribution in [2.45, 2.75) is 38.1 Å². The van der Waals surface area contributed by atoms with Crippen LogP contribution in [0.2, 0.25) is 0 Å². The summed E-state index contributed by atoms with van der Waals surface area (Å²) in [5.41, 5.74) is 9.52. The fraction of sp³-hybridized carbons (Fsp3) is 0.364. The first-order chi connectivity index (χ1) is 15.8. The van der Waals surface area contributed by atoms with Gasteiger partial charge in [0.25, 0.3) is 0 Å². The number of H-pyrrole nitrogens is 2. The summed E-state index contributed by atoms with van der Waals surface area (Å²) >= 11 is 3.34. The Morgan fingerprint density at radius 2 is 1.66 bits per heavy atom. The number of unbranched alkanes of at least 4 members (excludes halogenated alkanes) is 1. The summed E-state index contributed by atoms with van der Waals surface area (Å²) in [5, 5.41) is 5.41. The first-order valence-electron chi connectivity index (χ1n) is 11.0. The van der Waals surface area contributed by atoms with Gasteiger partial charge in [-0.2, -0.15) is 0 Å². The van der Waals surface area contributed by atoms with Gasteiger partial charge in [-0.1, -0.05) is 0 Å². The number of benzene rings is 1. The van der Waals surface area contributed by atoms with E-state index < -0.39 is 0 Å². The summed E-state index contributed by atoms with van der Waals surface area (Å²) in [6, 6.07) is 4.61. The number of nitrogens with zero attached hydrogens (tertiary/aromatic N) is 4. The maximum absolute atomic E-state index is 5.58. The van der Waals surface area contributed by atoms with E-state index in [0.29, 0.717) is 6.04 Å². The molecule has 6 rings (SSSR count). The van der Waals surface area contributed by atoms with Gasteiger partial charge in [-0.05, 0) is 50.9 Å². The number of hydrogen-bond acceptors (Lipinski definition) is 8. The second-order valence-corrected chi connectivity index (χ2v) is 10.2. The van der Waals surface area contributed by atoms with Crippen molar-refractivity contribution in [3.8, 4) is 21.4 Å². The minimum absolute atomic E-state index is 0.328. The van der Waals surface area contributed by atoms with Gasteiger partial charge in [-0.25, -0.2) is 19.9 Å². The van der Waals surface area contributed by atoms with E-state index in [1.165, 1.54) is 6.42 Å². The van der Waals surface area contributed by atoms with Gasteiger partial charge in [0, 0.05) is 6.42 Å². The Labute approximate surface area is 192 Å². The third kappa shape index (κ3) is 3.73. The molecule has 0 radical (unpaired) electrons. The molecule has 5 heterocycles. The van der Waals surface area contributed by atoms with Crippen molar-refractivity contribution >= 4 is 43.1 Å². The van der Waals surface area contributed by atoms with Crippen LogP contribution in [0.1, 0.15) is 43.4 Å². The average Bonchev–Trinajstić information content (AvgIpc) is 3.60. The number of aromatic amines is 2. The number of thiazole rings is 2. The first-order valence-corrected chi connectivity index (χ1v) is 12.6. The highest BCUT2D eigenvalue weighted by Crippen LogP contribution is 2.36. The van der Waals surface area contributed by atoms with Crippen LogP contribution >= 0.6 is 22.7 Å². The fourth-order valence-corrected chi connectivity index (χ4v) is 6.05. The van der Waals surface area contributed by atoms with Gasteiger partial charge in [-0.3, -0.25) is 0 Å². The van der Waals surface area contributed by atoms with E-state index in [1.807, 2.05) is 12.4 Å². The van der Waals surface area contributed by atoms with Crippen molar-refractivity contribution in [3.63, 3.8) is 0 Å². The standard InChI is InChI=1S/C22H24N8S2/c23-6-2-1-5-19-25-10-15(27-19)21-29-13-8-18-14(9-17(13)31-21)30-22(32-18)16-11-26-20(28-16)12-4-3-7-24-12/h8-12,24H,1-7,23H2,(H,25,27)(H,26,28)/t12-/m0/s1. The van der Waals surface area contributed by atoms with Gasteiger partial charge >= 0.3 is 0 Å². The molecular weight excluding hydrogens is 440 g/mol. The van der Waals surface area contributed by atoms with Gasteiger partial charge in [0.15, 0.2) is 0 Å². The van der Waals surface area contributed by atoms with E-state index in [0.717, 1.165) is 92.3 Å². The van der Waals surface area contributed by atoms with Crippen molar-refractivity contribution < 1.29 is 0 Å². The SMILES string of the molecule is NCCCCc1ncc(-c2nc3cc4sc(-c5cnc([C@@H]6CCCN6)[nH]5)nc4cc3s2)[nH]1. The van der Waals surface area contributed by atoms with Crippen LogP contribution in [0.5, 0.6) is 0 Å². The largest absolute Gasteiger partial charge is 0.340 e. The maximum Gasteiger partial charge on any atom is 0.142 e. The second kappa shape index (κ2) is 8.36. The van der Waals surface area contributed by atoms with Crippen LogP contribution in [0.25, 0.3) is 41.8 Å². The maximum atomic E-state index is 5.58. The van der Waals surface area contributed by atoms with Gasteiger partial charge in [0.1, 0.15) is 21.7 Å². The zero-order valence-corrected chi connectivity index (χ0v) is 19.2. The van der Waals surface area contributed by atoms with E-state index in [-0.39, 0.29) is 0 Å². The lowest BCUT2D eigenvalue weighted by atomic mass is 10.2. The normalized spacial score (nSPS) is 16.6. The molecule has 1 atom stereocenters. The zero-order valence-electron chi connectivity index (χ0n) is 17.5. The van der Waals surface area contributed by atoms with E-state index in [1.54, 1.807) is 22.7 Å². The van der Waals surface area contributed by atoms with Crippen LogP contribution in [0, 0.1) is 0 Å². The summed E-state index contributed by atoms with van der Waals surface area (Å²) < 4.78 is 2.26. The number of nitrogens with one attached hydrogen (secondary N) is 3. The topological polar surface area (TPSA) is 121 Å². The molecular formula is C22H24N8S2. The first kappa shape index (κ1) is 20.0. The molecule has 5 aromatic rings. The summed E-state index contributed by atoms with van der Waals surface area (Å²) in [6.45, 7) is 1.78. The van der Waals surface area contributed by atoms with Crippen LogP contribution in [-0.4, -0.2) is 43.0 Å². The Morgan fingerprint density at radius 1 is 0.938 bits per heavy atom. The van der Waals surface area contributed by atoms with E-state index in [4.69, 9.17) is 15.7 Å². The molecule has 0 unspecified atom stereocenters. The molecule has 164 valence electrons. The van der Waals surface area contributed by atoms with Crippen molar-refractivity contribution in [1.29, 1.82) is 0 Å². The summed E-state index contributed by atoms with van der Waals surface area (Å²) in [7, 11) is 0. The lowest BCUT2D eigenvalue weighted by molar-refractivity contribution is 0.613. The van der Waals surface area contributed by atoms with Crippen molar-refractivity contribution in [3.05, 3.63) is 36.2 Å². The second-order valence-electron chi connectivity index (χ2n) is 8.15. The molecule has 0 bridgehead atoms. The predicted molar refractivity (Wildman–Crippen MR) is 130 cm³/mol. The highest BCUT2D eigenvalue weighted by molar-refractivity contribution is 7.23. The summed E-state index contributed by atoms with van der Waals surface area (Å²) in [6.07, 6.45) is 9.07. The predicted octanol–water partition coefficient (Wildman–Crippen LogP) is 4.39. The molecule has 1 aliphatic rings. The molecule has 1 saturated heterocycles. The number of imidazole rings is 2. The molecule has 5 N–H and O–H groups in total. The summed E-state index contributed by atoms with van der Waals surface area (Å²) in [5.74, 6) is 2.00. The molecule has 0 aliphatic carbocycles. The van der Waals surface area contributed by atoms with E-state index in [2.05, 4.69) is 37.4 Å². The van der Waals surface area contributed by atoms with Crippen molar-refractivity contribution in [2.24, 2.45) is 5.73 Å². The Hall–Kier alpha value is -2.66. The molecule has 0 spiro atoms. The van der Waals surface area contributed by atoms with Crippen LogP contribution in [-0.2, 0) is 6.42 Å². The minimum Gasteiger partial charge on any atom is -0.340 e. The number of fused-ring (bicyclic) bond motifs is 2. The van der Waals surface area contributed by atoms with Crippen molar-refractivity contribution in [2.75, 3.05) is 13.1 Å². The Morgan fingerprint density at radius 3 is 2.34 bits per heavy atom. The third-order valence-corrected chi connectivity index (χ3v) is 7.94. The van der Waals surface area contributed by atoms with Crippen LogP contribution in [0.3, 0.4) is 0 Å². The molecule has 0 saturated carbocycles.